The van der Waals surface area contributed by atoms with E-state index in [0.29, 0.717) is 17.8 Å². The number of hydrogen-bond acceptors (Lipinski definition) is 3. The molecule has 1 amide bonds. The standard InChI is InChI=1S/C13H15FN4O/c1-3-9-11(15)12(18(2)17-9)13(19)16-10-7-5-4-6-8(10)14/h4-7H,3,15H2,1-2H3,(H,16,19). The molecular weight excluding hydrogens is 247 g/mol. The molecule has 0 spiro atoms. The Kier molecular flexibility index (Phi) is 3.50. The van der Waals surface area contributed by atoms with Crippen LogP contribution >= 0.6 is 0 Å². The van der Waals surface area contributed by atoms with E-state index in [1.165, 1.54) is 16.8 Å². The molecule has 0 fully saturated rings. The zero-order valence-electron chi connectivity index (χ0n) is 10.8. The molecule has 1 aromatic carbocycles. The van der Waals surface area contributed by atoms with Crippen molar-refractivity contribution in [1.29, 1.82) is 0 Å². The van der Waals surface area contributed by atoms with Gasteiger partial charge < -0.3 is 11.1 Å². The molecule has 2 aromatic rings. The number of rotatable bonds is 3. The van der Waals surface area contributed by atoms with Gasteiger partial charge in [-0.1, -0.05) is 19.1 Å². The normalized spacial score (nSPS) is 10.5. The van der Waals surface area contributed by atoms with Crippen LogP contribution in [0, 0.1) is 5.82 Å². The number of nitrogens with zero attached hydrogens (tertiary/aromatic N) is 2. The fraction of sp³-hybridized carbons (Fsp3) is 0.231. The molecule has 0 atom stereocenters. The number of nitrogen functional groups attached to an aromatic ring is 1. The summed E-state index contributed by atoms with van der Waals surface area (Å²) in [6.07, 6.45) is 0.632. The molecule has 0 unspecified atom stereocenters. The van der Waals surface area contributed by atoms with Crippen LogP contribution in [-0.4, -0.2) is 15.7 Å². The zero-order chi connectivity index (χ0) is 14.0. The van der Waals surface area contributed by atoms with E-state index >= 15 is 0 Å². The Morgan fingerprint density at radius 1 is 1.47 bits per heavy atom. The highest BCUT2D eigenvalue weighted by Gasteiger charge is 2.19. The summed E-state index contributed by atoms with van der Waals surface area (Å²) in [6.45, 7) is 1.90. The van der Waals surface area contributed by atoms with Crippen molar-refractivity contribution in [3.63, 3.8) is 0 Å². The summed E-state index contributed by atoms with van der Waals surface area (Å²) in [7, 11) is 1.63. The number of benzene rings is 1. The van der Waals surface area contributed by atoms with Crippen LogP contribution in [0.1, 0.15) is 23.1 Å². The third kappa shape index (κ3) is 2.42. The van der Waals surface area contributed by atoms with E-state index < -0.39 is 11.7 Å². The molecule has 1 heterocycles. The maximum absolute atomic E-state index is 13.5. The third-order valence-electron chi connectivity index (χ3n) is 2.83. The summed E-state index contributed by atoms with van der Waals surface area (Å²) in [5, 5.41) is 6.64. The lowest BCUT2D eigenvalue weighted by molar-refractivity contribution is 0.101. The second kappa shape index (κ2) is 5.09. The van der Waals surface area contributed by atoms with Gasteiger partial charge in [0.2, 0.25) is 0 Å². The number of para-hydroxylation sites is 1. The molecule has 19 heavy (non-hydrogen) atoms. The summed E-state index contributed by atoms with van der Waals surface area (Å²) in [4.78, 5) is 12.1. The molecule has 100 valence electrons. The molecule has 0 aliphatic carbocycles. The molecule has 6 heteroatoms. The summed E-state index contributed by atoms with van der Waals surface area (Å²) in [5.41, 5.74) is 7.21. The van der Waals surface area contributed by atoms with Gasteiger partial charge >= 0.3 is 0 Å². The second-order valence-corrected chi connectivity index (χ2v) is 4.12. The number of aryl methyl sites for hydroxylation is 2. The first-order valence-corrected chi connectivity index (χ1v) is 5.91. The van der Waals surface area contributed by atoms with Crippen molar-refractivity contribution < 1.29 is 9.18 Å². The van der Waals surface area contributed by atoms with Crippen LogP contribution in [0.2, 0.25) is 0 Å². The maximum atomic E-state index is 13.5. The average Bonchev–Trinajstić information content (AvgIpc) is 2.67. The largest absolute Gasteiger partial charge is 0.395 e. The number of halogens is 1. The molecule has 0 bridgehead atoms. The van der Waals surface area contributed by atoms with Gasteiger partial charge in [0.1, 0.15) is 11.5 Å². The Hall–Kier alpha value is -2.37. The van der Waals surface area contributed by atoms with E-state index in [2.05, 4.69) is 10.4 Å². The Bertz CT molecular complexity index is 621. The summed E-state index contributed by atoms with van der Waals surface area (Å²) >= 11 is 0. The van der Waals surface area contributed by atoms with Gasteiger partial charge in [-0.2, -0.15) is 5.10 Å². The van der Waals surface area contributed by atoms with Gasteiger partial charge in [0.25, 0.3) is 5.91 Å². The van der Waals surface area contributed by atoms with Crippen LogP contribution in [0.25, 0.3) is 0 Å². The summed E-state index contributed by atoms with van der Waals surface area (Å²) < 4.78 is 14.9. The first kappa shape index (κ1) is 13.1. The Labute approximate surface area is 110 Å². The number of nitrogens with two attached hydrogens (primary N) is 1. The van der Waals surface area contributed by atoms with Gasteiger partial charge in [-0.25, -0.2) is 4.39 Å². The van der Waals surface area contributed by atoms with Gasteiger partial charge in [-0.05, 0) is 18.6 Å². The van der Waals surface area contributed by atoms with Gasteiger partial charge in [0.05, 0.1) is 17.1 Å². The summed E-state index contributed by atoms with van der Waals surface area (Å²) in [6, 6.07) is 5.96. The van der Waals surface area contributed by atoms with Crippen LogP contribution in [0.5, 0.6) is 0 Å². The van der Waals surface area contributed by atoms with Gasteiger partial charge in [0.15, 0.2) is 0 Å². The Morgan fingerprint density at radius 3 is 2.74 bits per heavy atom. The van der Waals surface area contributed by atoms with Crippen LogP contribution in [-0.2, 0) is 13.5 Å². The van der Waals surface area contributed by atoms with E-state index in [1.54, 1.807) is 19.2 Å². The van der Waals surface area contributed by atoms with E-state index in [0.717, 1.165) is 0 Å². The van der Waals surface area contributed by atoms with Gasteiger partial charge in [-0.3, -0.25) is 9.48 Å². The molecule has 5 nitrogen and oxygen atoms in total. The van der Waals surface area contributed by atoms with E-state index in [9.17, 15) is 9.18 Å². The zero-order valence-corrected chi connectivity index (χ0v) is 10.8. The fourth-order valence-electron chi connectivity index (χ4n) is 1.87. The molecule has 0 aliphatic heterocycles. The minimum Gasteiger partial charge on any atom is -0.395 e. The predicted molar refractivity (Wildman–Crippen MR) is 71.4 cm³/mol. The predicted octanol–water partition coefficient (Wildman–Crippen LogP) is 1.96. The lowest BCUT2D eigenvalue weighted by atomic mass is 10.2. The number of aromatic nitrogens is 2. The highest BCUT2D eigenvalue weighted by Crippen LogP contribution is 2.19. The Balaban J connectivity index is 2.31. The third-order valence-corrected chi connectivity index (χ3v) is 2.83. The van der Waals surface area contributed by atoms with E-state index in [-0.39, 0.29) is 11.4 Å². The topological polar surface area (TPSA) is 72.9 Å². The van der Waals surface area contributed by atoms with Gasteiger partial charge in [0, 0.05) is 7.05 Å². The number of carbonyl (C=O) groups excluding carboxylic acids is 1. The number of amides is 1. The number of carbonyl (C=O) groups is 1. The average molecular weight is 262 g/mol. The molecule has 1 aromatic heterocycles. The molecule has 3 N–H and O–H groups in total. The minimum atomic E-state index is -0.493. The Morgan fingerprint density at radius 2 is 2.16 bits per heavy atom. The van der Waals surface area contributed by atoms with Crippen molar-refractivity contribution in [2.24, 2.45) is 7.05 Å². The van der Waals surface area contributed by atoms with Crippen molar-refractivity contribution in [2.45, 2.75) is 13.3 Å². The molecule has 0 radical (unpaired) electrons. The molecule has 0 aliphatic rings. The minimum absolute atomic E-state index is 0.117. The lowest BCUT2D eigenvalue weighted by Crippen LogP contribution is -2.18. The van der Waals surface area contributed by atoms with Crippen molar-refractivity contribution >= 4 is 17.3 Å². The number of anilines is 2. The summed E-state index contributed by atoms with van der Waals surface area (Å²) in [5.74, 6) is -0.968. The smallest absolute Gasteiger partial charge is 0.276 e. The van der Waals surface area contributed by atoms with Crippen LogP contribution < -0.4 is 11.1 Å². The van der Waals surface area contributed by atoms with E-state index in [1.807, 2.05) is 6.92 Å². The van der Waals surface area contributed by atoms with Crippen molar-refractivity contribution in [3.05, 3.63) is 41.5 Å². The van der Waals surface area contributed by atoms with Crippen LogP contribution in [0.4, 0.5) is 15.8 Å². The van der Waals surface area contributed by atoms with Crippen molar-refractivity contribution in [1.82, 2.24) is 9.78 Å². The van der Waals surface area contributed by atoms with E-state index in [4.69, 9.17) is 5.73 Å². The molecular formula is C13H15FN4O. The molecule has 0 saturated carbocycles. The monoisotopic (exact) mass is 262 g/mol. The first-order chi connectivity index (χ1) is 9.04. The lowest BCUT2D eigenvalue weighted by Gasteiger charge is -2.07. The fourth-order valence-corrected chi connectivity index (χ4v) is 1.87. The molecule has 0 saturated heterocycles. The van der Waals surface area contributed by atoms with Crippen molar-refractivity contribution in [2.75, 3.05) is 11.1 Å². The number of hydrogen-bond donors (Lipinski definition) is 2. The van der Waals surface area contributed by atoms with Crippen molar-refractivity contribution in [3.8, 4) is 0 Å². The van der Waals surface area contributed by atoms with Gasteiger partial charge in [-0.15, -0.1) is 0 Å². The molecule has 2 rings (SSSR count). The highest BCUT2D eigenvalue weighted by molar-refractivity contribution is 6.06. The number of nitrogens with one attached hydrogen (secondary N) is 1. The first-order valence-electron chi connectivity index (χ1n) is 5.91. The van der Waals surface area contributed by atoms with Crippen LogP contribution in [0.15, 0.2) is 24.3 Å². The maximum Gasteiger partial charge on any atom is 0.276 e. The quantitative estimate of drug-likeness (QED) is 0.888. The highest BCUT2D eigenvalue weighted by atomic mass is 19.1. The SMILES string of the molecule is CCc1nn(C)c(C(=O)Nc2ccccc2F)c1N. The second-order valence-electron chi connectivity index (χ2n) is 4.12. The van der Waals surface area contributed by atoms with Crippen LogP contribution in [0.3, 0.4) is 0 Å².